The van der Waals surface area contributed by atoms with Crippen molar-refractivity contribution in [3.05, 3.63) is 35.9 Å². The summed E-state index contributed by atoms with van der Waals surface area (Å²) in [5.41, 5.74) is 1.89. The van der Waals surface area contributed by atoms with E-state index in [1.165, 1.54) is 38.5 Å². The van der Waals surface area contributed by atoms with Gasteiger partial charge in [0.05, 0.1) is 0 Å². The van der Waals surface area contributed by atoms with Crippen molar-refractivity contribution in [3.63, 3.8) is 0 Å². The zero-order chi connectivity index (χ0) is 13.8. The number of nitrogens with one attached hydrogen (secondary N) is 1. The molecule has 0 spiro atoms. The predicted octanol–water partition coefficient (Wildman–Crippen LogP) is 3.51. The summed E-state index contributed by atoms with van der Waals surface area (Å²) in [5.74, 6) is 0.757. The van der Waals surface area contributed by atoms with Crippen LogP contribution in [0.15, 0.2) is 30.3 Å². The average molecular weight is 273 g/mol. The summed E-state index contributed by atoms with van der Waals surface area (Å²) in [6, 6.07) is 11.8. The lowest BCUT2D eigenvalue weighted by Crippen LogP contribution is -2.51. The fraction of sp³-hybridized carbons (Fsp3) is 0.667. The van der Waals surface area contributed by atoms with Crippen molar-refractivity contribution in [2.45, 2.75) is 50.0 Å². The topological polar surface area (TPSA) is 21.3 Å². The number of hydrogen-bond donors (Lipinski definition) is 1. The van der Waals surface area contributed by atoms with Gasteiger partial charge in [0.15, 0.2) is 0 Å². The van der Waals surface area contributed by atoms with E-state index in [9.17, 15) is 0 Å². The number of hydrogen-bond acceptors (Lipinski definition) is 2. The normalized spacial score (nSPS) is 24.6. The molecule has 2 heteroatoms. The quantitative estimate of drug-likeness (QED) is 0.906. The molecule has 0 amide bonds. The predicted molar refractivity (Wildman–Crippen MR) is 83.0 cm³/mol. The van der Waals surface area contributed by atoms with Crippen molar-refractivity contribution in [2.24, 2.45) is 5.92 Å². The van der Waals surface area contributed by atoms with Crippen LogP contribution in [-0.2, 0) is 10.2 Å². The third kappa shape index (κ3) is 2.51. The SMILES string of the molecule is CNC(C1CCOCC1)C1(c2ccccc2)CCCC1. The van der Waals surface area contributed by atoms with Gasteiger partial charge in [-0.15, -0.1) is 0 Å². The van der Waals surface area contributed by atoms with E-state index in [1.54, 1.807) is 5.56 Å². The Morgan fingerprint density at radius 2 is 1.75 bits per heavy atom. The first-order chi connectivity index (χ1) is 9.87. The molecule has 1 aliphatic carbocycles. The molecular formula is C18H27NO. The zero-order valence-electron chi connectivity index (χ0n) is 12.6. The summed E-state index contributed by atoms with van der Waals surface area (Å²) in [6.45, 7) is 1.88. The van der Waals surface area contributed by atoms with Crippen LogP contribution >= 0.6 is 0 Å². The molecule has 1 aromatic carbocycles. The number of rotatable bonds is 4. The molecule has 3 rings (SSSR count). The van der Waals surface area contributed by atoms with Crippen molar-refractivity contribution in [2.75, 3.05) is 20.3 Å². The molecule has 2 aliphatic rings. The van der Waals surface area contributed by atoms with Gasteiger partial charge in [-0.3, -0.25) is 0 Å². The van der Waals surface area contributed by atoms with Gasteiger partial charge in [0, 0.05) is 24.7 Å². The molecular weight excluding hydrogens is 246 g/mol. The standard InChI is InChI=1S/C18H27NO/c1-19-17(15-9-13-20-14-10-15)18(11-5-6-12-18)16-7-3-2-4-8-16/h2-4,7-8,15,17,19H,5-6,9-14H2,1H3. The molecule has 20 heavy (non-hydrogen) atoms. The van der Waals surface area contributed by atoms with Crippen molar-refractivity contribution in [1.82, 2.24) is 5.32 Å². The molecule has 1 saturated carbocycles. The van der Waals surface area contributed by atoms with E-state index in [-0.39, 0.29) is 0 Å². The Bertz CT molecular complexity index is 405. The highest BCUT2D eigenvalue weighted by Crippen LogP contribution is 2.47. The Hall–Kier alpha value is -0.860. The first kappa shape index (κ1) is 14.1. The molecule has 1 unspecified atom stereocenters. The molecule has 1 N–H and O–H groups in total. The van der Waals surface area contributed by atoms with Crippen molar-refractivity contribution >= 4 is 0 Å². The Balaban J connectivity index is 1.91. The minimum absolute atomic E-state index is 0.345. The second-order valence-electron chi connectivity index (χ2n) is 6.45. The highest BCUT2D eigenvalue weighted by Gasteiger charge is 2.45. The lowest BCUT2D eigenvalue weighted by molar-refractivity contribution is 0.0410. The maximum atomic E-state index is 5.57. The molecule has 1 atom stereocenters. The van der Waals surface area contributed by atoms with Gasteiger partial charge < -0.3 is 10.1 Å². The molecule has 110 valence electrons. The van der Waals surface area contributed by atoms with Crippen LogP contribution in [0.3, 0.4) is 0 Å². The van der Waals surface area contributed by atoms with Gasteiger partial charge in [0.25, 0.3) is 0 Å². The smallest absolute Gasteiger partial charge is 0.0469 e. The van der Waals surface area contributed by atoms with Crippen LogP contribution in [0.5, 0.6) is 0 Å². The highest BCUT2D eigenvalue weighted by molar-refractivity contribution is 5.29. The second-order valence-corrected chi connectivity index (χ2v) is 6.45. The van der Waals surface area contributed by atoms with Crippen molar-refractivity contribution in [1.29, 1.82) is 0 Å². The van der Waals surface area contributed by atoms with E-state index in [2.05, 4.69) is 42.7 Å². The molecule has 2 fully saturated rings. The van der Waals surface area contributed by atoms with Crippen LogP contribution in [0.25, 0.3) is 0 Å². The van der Waals surface area contributed by atoms with Crippen molar-refractivity contribution in [3.8, 4) is 0 Å². The van der Waals surface area contributed by atoms with Crippen LogP contribution < -0.4 is 5.32 Å². The van der Waals surface area contributed by atoms with Gasteiger partial charge in [-0.2, -0.15) is 0 Å². The maximum absolute atomic E-state index is 5.57. The largest absolute Gasteiger partial charge is 0.381 e. The summed E-state index contributed by atoms with van der Waals surface area (Å²) < 4.78 is 5.57. The first-order valence-electron chi connectivity index (χ1n) is 8.17. The zero-order valence-corrected chi connectivity index (χ0v) is 12.6. The van der Waals surface area contributed by atoms with E-state index >= 15 is 0 Å². The lowest BCUT2D eigenvalue weighted by atomic mass is 9.67. The van der Waals surface area contributed by atoms with E-state index in [1.807, 2.05) is 0 Å². The third-order valence-corrected chi connectivity index (χ3v) is 5.49. The maximum Gasteiger partial charge on any atom is 0.0469 e. The fourth-order valence-corrected chi connectivity index (χ4v) is 4.57. The fourth-order valence-electron chi connectivity index (χ4n) is 4.57. The molecule has 1 saturated heterocycles. The van der Waals surface area contributed by atoms with Crippen LogP contribution in [-0.4, -0.2) is 26.3 Å². The van der Waals surface area contributed by atoms with Gasteiger partial charge >= 0.3 is 0 Å². The first-order valence-corrected chi connectivity index (χ1v) is 8.17. The van der Waals surface area contributed by atoms with Crippen LogP contribution in [0.2, 0.25) is 0 Å². The number of ether oxygens (including phenoxy) is 1. The molecule has 0 radical (unpaired) electrons. The molecule has 0 bridgehead atoms. The second kappa shape index (κ2) is 6.28. The van der Waals surface area contributed by atoms with E-state index in [0.717, 1.165) is 19.1 Å². The van der Waals surface area contributed by atoms with Crippen molar-refractivity contribution < 1.29 is 4.74 Å². The van der Waals surface area contributed by atoms with Gasteiger partial charge in [0.2, 0.25) is 0 Å². The van der Waals surface area contributed by atoms with E-state index in [0.29, 0.717) is 11.5 Å². The Labute approximate surface area is 122 Å². The molecule has 1 aromatic rings. The van der Waals surface area contributed by atoms with Crippen LogP contribution in [0.1, 0.15) is 44.1 Å². The number of likely N-dealkylation sites (N-methyl/N-ethyl adjacent to an activating group) is 1. The summed E-state index contributed by atoms with van der Waals surface area (Å²) in [7, 11) is 2.16. The Morgan fingerprint density at radius 3 is 2.35 bits per heavy atom. The molecule has 1 heterocycles. The van der Waals surface area contributed by atoms with Crippen LogP contribution in [0, 0.1) is 5.92 Å². The van der Waals surface area contributed by atoms with Gasteiger partial charge in [-0.05, 0) is 44.2 Å². The summed E-state index contributed by atoms with van der Waals surface area (Å²) in [4.78, 5) is 0. The Kier molecular flexibility index (Phi) is 4.42. The highest BCUT2D eigenvalue weighted by atomic mass is 16.5. The van der Waals surface area contributed by atoms with Gasteiger partial charge in [0.1, 0.15) is 0 Å². The molecule has 1 aliphatic heterocycles. The minimum atomic E-state index is 0.345. The minimum Gasteiger partial charge on any atom is -0.381 e. The molecule has 0 aromatic heterocycles. The number of benzene rings is 1. The monoisotopic (exact) mass is 273 g/mol. The van der Waals surface area contributed by atoms with E-state index in [4.69, 9.17) is 4.74 Å². The average Bonchev–Trinajstić information content (AvgIpc) is 3.01. The summed E-state index contributed by atoms with van der Waals surface area (Å²) in [6.07, 6.45) is 7.83. The van der Waals surface area contributed by atoms with E-state index < -0.39 is 0 Å². The van der Waals surface area contributed by atoms with Crippen LogP contribution in [0.4, 0.5) is 0 Å². The van der Waals surface area contributed by atoms with Gasteiger partial charge in [-0.25, -0.2) is 0 Å². The summed E-state index contributed by atoms with van der Waals surface area (Å²) in [5, 5.41) is 3.70. The summed E-state index contributed by atoms with van der Waals surface area (Å²) >= 11 is 0. The lowest BCUT2D eigenvalue weighted by Gasteiger charge is -2.44. The van der Waals surface area contributed by atoms with Gasteiger partial charge in [-0.1, -0.05) is 43.2 Å². The third-order valence-electron chi connectivity index (χ3n) is 5.49. The Morgan fingerprint density at radius 1 is 1.10 bits per heavy atom. The molecule has 2 nitrogen and oxygen atoms in total.